The molecular formula is C24H21N3O2. The Morgan fingerprint density at radius 2 is 1.55 bits per heavy atom. The zero-order valence-corrected chi connectivity index (χ0v) is 16.1. The molecule has 5 heteroatoms. The van der Waals surface area contributed by atoms with E-state index in [1.165, 1.54) is 0 Å². The molecule has 3 aromatic carbocycles. The van der Waals surface area contributed by atoms with Gasteiger partial charge in [0.15, 0.2) is 0 Å². The van der Waals surface area contributed by atoms with Crippen LogP contribution in [0.15, 0.2) is 84.9 Å². The van der Waals surface area contributed by atoms with E-state index in [2.05, 4.69) is 16.7 Å². The summed E-state index contributed by atoms with van der Waals surface area (Å²) >= 11 is 0. The molecule has 0 aliphatic heterocycles. The second-order valence-electron chi connectivity index (χ2n) is 6.75. The van der Waals surface area contributed by atoms with Crippen LogP contribution in [0.2, 0.25) is 0 Å². The fourth-order valence-electron chi connectivity index (χ4n) is 3.42. The van der Waals surface area contributed by atoms with E-state index in [0.717, 1.165) is 22.2 Å². The van der Waals surface area contributed by atoms with Crippen LogP contribution in [-0.2, 0) is 11.3 Å². The van der Waals surface area contributed by atoms with Crippen LogP contribution in [-0.4, -0.2) is 23.4 Å². The maximum absolute atomic E-state index is 12.8. The third-order valence-corrected chi connectivity index (χ3v) is 4.84. The van der Waals surface area contributed by atoms with E-state index < -0.39 is 0 Å². The molecule has 0 aliphatic carbocycles. The molecular weight excluding hydrogens is 362 g/mol. The number of rotatable bonds is 5. The third-order valence-electron chi connectivity index (χ3n) is 4.84. The minimum atomic E-state index is -0.158. The van der Waals surface area contributed by atoms with Gasteiger partial charge in [-0.25, -0.2) is 0 Å². The topological polar surface area (TPSA) is 63.1 Å². The van der Waals surface area contributed by atoms with Gasteiger partial charge in [0.05, 0.1) is 0 Å². The molecule has 0 radical (unpaired) electrons. The number of carbonyl (C=O) groups is 2. The Labute approximate surface area is 169 Å². The van der Waals surface area contributed by atoms with Crippen LogP contribution in [0, 0.1) is 0 Å². The predicted octanol–water partition coefficient (Wildman–Crippen LogP) is 4.31. The molecule has 5 nitrogen and oxygen atoms in total. The minimum Gasteiger partial charge on any atom is -0.355 e. The summed E-state index contributed by atoms with van der Waals surface area (Å²) in [6.45, 7) is 0.189. The van der Waals surface area contributed by atoms with E-state index in [9.17, 15) is 9.59 Å². The fraction of sp³-hybridized carbons (Fsp3) is 0.0833. The molecule has 0 spiro atoms. The summed E-state index contributed by atoms with van der Waals surface area (Å²) in [5, 5.41) is 6.59. The van der Waals surface area contributed by atoms with E-state index >= 15 is 0 Å². The van der Waals surface area contributed by atoms with Crippen LogP contribution in [0.1, 0.15) is 10.4 Å². The molecule has 2 amide bonds. The van der Waals surface area contributed by atoms with Gasteiger partial charge in [0.2, 0.25) is 5.91 Å². The normalized spacial score (nSPS) is 10.7. The van der Waals surface area contributed by atoms with Crippen LogP contribution in [0.5, 0.6) is 0 Å². The van der Waals surface area contributed by atoms with E-state index in [4.69, 9.17) is 0 Å². The quantitative estimate of drug-likeness (QED) is 0.539. The van der Waals surface area contributed by atoms with Crippen LogP contribution >= 0.6 is 0 Å². The van der Waals surface area contributed by atoms with Gasteiger partial charge in [-0.05, 0) is 42.0 Å². The Kier molecular flexibility index (Phi) is 5.12. The molecule has 0 aliphatic rings. The van der Waals surface area contributed by atoms with E-state index in [-0.39, 0.29) is 18.4 Å². The number of anilines is 1. The van der Waals surface area contributed by atoms with Crippen molar-refractivity contribution in [1.29, 1.82) is 0 Å². The molecule has 29 heavy (non-hydrogen) atoms. The third kappa shape index (κ3) is 3.89. The Morgan fingerprint density at radius 3 is 2.28 bits per heavy atom. The maximum Gasteiger partial charge on any atom is 0.251 e. The summed E-state index contributed by atoms with van der Waals surface area (Å²) in [4.78, 5) is 24.4. The lowest BCUT2D eigenvalue weighted by molar-refractivity contribution is -0.116. The molecule has 4 rings (SSSR count). The number of fused-ring (bicyclic) bond motifs is 1. The Morgan fingerprint density at radius 1 is 0.862 bits per heavy atom. The summed E-state index contributed by atoms with van der Waals surface area (Å²) in [6, 6.07) is 27.0. The summed E-state index contributed by atoms with van der Waals surface area (Å²) in [5.74, 6) is -0.287. The monoisotopic (exact) mass is 383 g/mol. The number of aromatic nitrogens is 1. The lowest BCUT2D eigenvalue weighted by atomic mass is 10.1. The lowest BCUT2D eigenvalue weighted by Crippen LogP contribution is -2.20. The second-order valence-corrected chi connectivity index (χ2v) is 6.75. The number of nitrogens with zero attached hydrogens (tertiary/aromatic N) is 1. The number of hydrogen-bond acceptors (Lipinski definition) is 2. The van der Waals surface area contributed by atoms with Crippen LogP contribution in [0.4, 0.5) is 5.69 Å². The van der Waals surface area contributed by atoms with Gasteiger partial charge in [0, 0.05) is 34.9 Å². The first kappa shape index (κ1) is 18.5. The van der Waals surface area contributed by atoms with Gasteiger partial charge in [-0.2, -0.15) is 0 Å². The standard InChI is InChI=1S/C24H21N3O2/c1-25-24(29)18-11-13-20(14-12-18)26-23(28)16-27-21-10-6-5-9-19(21)15-22(27)17-7-3-2-4-8-17/h2-15H,16H2,1H3,(H,25,29)(H,26,28). The van der Waals surface area contributed by atoms with Crippen molar-refractivity contribution >= 4 is 28.4 Å². The van der Waals surface area contributed by atoms with E-state index in [1.54, 1.807) is 31.3 Å². The Balaban J connectivity index is 1.60. The van der Waals surface area contributed by atoms with Gasteiger partial charge in [-0.15, -0.1) is 0 Å². The highest BCUT2D eigenvalue weighted by atomic mass is 16.2. The first-order chi connectivity index (χ1) is 14.2. The van der Waals surface area contributed by atoms with Gasteiger partial charge < -0.3 is 15.2 Å². The molecule has 1 heterocycles. The number of benzene rings is 3. The zero-order valence-electron chi connectivity index (χ0n) is 16.1. The van der Waals surface area contributed by atoms with Crippen LogP contribution in [0.25, 0.3) is 22.2 Å². The van der Waals surface area contributed by atoms with Gasteiger partial charge in [0.1, 0.15) is 6.54 Å². The van der Waals surface area contributed by atoms with Crippen LogP contribution in [0.3, 0.4) is 0 Å². The van der Waals surface area contributed by atoms with Crippen molar-refractivity contribution in [2.75, 3.05) is 12.4 Å². The first-order valence-electron chi connectivity index (χ1n) is 9.41. The number of carbonyl (C=O) groups excluding carboxylic acids is 2. The smallest absolute Gasteiger partial charge is 0.251 e. The number of para-hydroxylation sites is 1. The summed E-state index contributed by atoms with van der Waals surface area (Å²) in [6.07, 6.45) is 0. The number of amides is 2. The van der Waals surface area contributed by atoms with E-state index in [1.807, 2.05) is 59.2 Å². The molecule has 1 aromatic heterocycles. The maximum atomic E-state index is 12.8. The van der Waals surface area contributed by atoms with Crippen molar-refractivity contribution in [3.8, 4) is 11.3 Å². The molecule has 0 saturated carbocycles. The predicted molar refractivity (Wildman–Crippen MR) is 116 cm³/mol. The van der Waals surface area contributed by atoms with Crippen molar-refractivity contribution in [3.63, 3.8) is 0 Å². The average Bonchev–Trinajstić information content (AvgIpc) is 3.12. The fourth-order valence-corrected chi connectivity index (χ4v) is 3.42. The largest absolute Gasteiger partial charge is 0.355 e. The molecule has 0 fully saturated rings. The highest BCUT2D eigenvalue weighted by molar-refractivity contribution is 5.96. The molecule has 0 bridgehead atoms. The Hall–Kier alpha value is -3.86. The zero-order chi connectivity index (χ0) is 20.2. The molecule has 4 aromatic rings. The van der Waals surface area contributed by atoms with Crippen molar-refractivity contribution in [3.05, 3.63) is 90.5 Å². The van der Waals surface area contributed by atoms with Gasteiger partial charge in [-0.3, -0.25) is 9.59 Å². The van der Waals surface area contributed by atoms with Gasteiger partial charge in [-0.1, -0.05) is 48.5 Å². The Bertz CT molecular complexity index is 1160. The summed E-state index contributed by atoms with van der Waals surface area (Å²) in [5.41, 5.74) is 4.27. The lowest BCUT2D eigenvalue weighted by Gasteiger charge is -2.12. The van der Waals surface area contributed by atoms with Crippen molar-refractivity contribution in [2.24, 2.45) is 0 Å². The average molecular weight is 383 g/mol. The number of hydrogen-bond donors (Lipinski definition) is 2. The van der Waals surface area contributed by atoms with Gasteiger partial charge in [0.25, 0.3) is 5.91 Å². The van der Waals surface area contributed by atoms with Crippen molar-refractivity contribution in [1.82, 2.24) is 9.88 Å². The van der Waals surface area contributed by atoms with Gasteiger partial charge >= 0.3 is 0 Å². The highest BCUT2D eigenvalue weighted by Crippen LogP contribution is 2.28. The molecule has 2 N–H and O–H groups in total. The summed E-state index contributed by atoms with van der Waals surface area (Å²) < 4.78 is 2.03. The molecule has 144 valence electrons. The highest BCUT2D eigenvalue weighted by Gasteiger charge is 2.14. The SMILES string of the molecule is CNC(=O)c1ccc(NC(=O)Cn2c(-c3ccccc3)cc3ccccc32)cc1. The molecule has 0 unspecified atom stereocenters. The van der Waals surface area contributed by atoms with Crippen LogP contribution < -0.4 is 10.6 Å². The molecule has 0 saturated heterocycles. The minimum absolute atomic E-state index is 0.128. The summed E-state index contributed by atoms with van der Waals surface area (Å²) in [7, 11) is 1.59. The molecule has 0 atom stereocenters. The number of nitrogens with one attached hydrogen (secondary N) is 2. The van der Waals surface area contributed by atoms with E-state index in [0.29, 0.717) is 11.3 Å². The van der Waals surface area contributed by atoms with Crippen molar-refractivity contribution in [2.45, 2.75) is 6.54 Å². The van der Waals surface area contributed by atoms with Crippen molar-refractivity contribution < 1.29 is 9.59 Å². The first-order valence-corrected chi connectivity index (χ1v) is 9.41. The second kappa shape index (κ2) is 8.02.